The maximum atomic E-state index is 3.89. The fourth-order valence-electron chi connectivity index (χ4n) is 3.98. The van der Waals surface area contributed by atoms with Gasteiger partial charge in [-0.2, -0.15) is 0 Å². The van der Waals surface area contributed by atoms with Gasteiger partial charge in [0.1, 0.15) is 0 Å². The van der Waals surface area contributed by atoms with E-state index in [1.807, 2.05) is 0 Å². The van der Waals surface area contributed by atoms with E-state index in [-0.39, 0.29) is 0 Å². The summed E-state index contributed by atoms with van der Waals surface area (Å²) in [5, 5.41) is 7.66. The zero-order chi connectivity index (χ0) is 11.5. The fraction of sp³-hybridized carbons (Fsp3) is 1.00. The van der Waals surface area contributed by atoms with Gasteiger partial charge in [0.25, 0.3) is 0 Å². The minimum absolute atomic E-state index is 0.824. The van der Waals surface area contributed by atoms with Crippen LogP contribution >= 0.6 is 0 Å². The minimum atomic E-state index is 0.824. The van der Waals surface area contributed by atoms with Crippen LogP contribution in [0.15, 0.2) is 0 Å². The molecule has 3 rings (SSSR count). The highest BCUT2D eigenvalue weighted by atomic mass is 15.0. The molecule has 0 aromatic rings. The number of nitrogens with one attached hydrogen (secondary N) is 2. The first-order valence-electron chi connectivity index (χ1n) is 7.90. The number of hydrogen-bond donors (Lipinski definition) is 2. The molecule has 1 saturated heterocycles. The molecule has 98 valence electrons. The van der Waals surface area contributed by atoms with Crippen LogP contribution in [0.25, 0.3) is 0 Å². The highest BCUT2D eigenvalue weighted by Crippen LogP contribution is 2.33. The summed E-state index contributed by atoms with van der Waals surface area (Å²) in [6.45, 7) is 2.56. The van der Waals surface area contributed by atoms with Crippen molar-refractivity contribution in [2.45, 2.75) is 69.9 Å². The maximum Gasteiger partial charge on any atom is 0.0110 e. The fourth-order valence-corrected chi connectivity index (χ4v) is 3.98. The molecule has 2 aliphatic carbocycles. The van der Waals surface area contributed by atoms with Gasteiger partial charge in [-0.25, -0.2) is 0 Å². The van der Waals surface area contributed by atoms with Crippen molar-refractivity contribution >= 4 is 0 Å². The van der Waals surface area contributed by atoms with Crippen LogP contribution in [0, 0.1) is 11.8 Å². The summed E-state index contributed by atoms with van der Waals surface area (Å²) < 4.78 is 0. The van der Waals surface area contributed by atoms with E-state index < -0.39 is 0 Å². The Balaban J connectivity index is 1.47. The van der Waals surface area contributed by atoms with Crippen LogP contribution in [0.3, 0.4) is 0 Å². The van der Waals surface area contributed by atoms with Crippen molar-refractivity contribution in [3.05, 3.63) is 0 Å². The lowest BCUT2D eigenvalue weighted by Gasteiger charge is -2.35. The molecule has 0 radical (unpaired) electrons. The van der Waals surface area contributed by atoms with Crippen LogP contribution in [0.5, 0.6) is 0 Å². The zero-order valence-corrected chi connectivity index (χ0v) is 11.1. The molecule has 3 atom stereocenters. The van der Waals surface area contributed by atoms with Crippen molar-refractivity contribution in [3.8, 4) is 0 Å². The smallest absolute Gasteiger partial charge is 0.0110 e. The van der Waals surface area contributed by atoms with Gasteiger partial charge < -0.3 is 10.6 Å². The predicted octanol–water partition coefficient (Wildman–Crippen LogP) is 2.69. The van der Waals surface area contributed by atoms with Gasteiger partial charge in [-0.1, -0.05) is 19.3 Å². The first kappa shape index (κ1) is 12.0. The van der Waals surface area contributed by atoms with E-state index in [0.29, 0.717) is 0 Å². The van der Waals surface area contributed by atoms with Gasteiger partial charge in [-0.3, -0.25) is 0 Å². The first-order chi connectivity index (χ1) is 8.43. The number of piperidine rings is 1. The van der Waals surface area contributed by atoms with E-state index in [2.05, 4.69) is 10.6 Å². The molecule has 17 heavy (non-hydrogen) atoms. The van der Waals surface area contributed by atoms with Crippen molar-refractivity contribution in [3.63, 3.8) is 0 Å². The van der Waals surface area contributed by atoms with E-state index in [4.69, 9.17) is 0 Å². The lowest BCUT2D eigenvalue weighted by molar-refractivity contribution is 0.232. The molecule has 0 amide bonds. The Labute approximate surface area is 106 Å². The van der Waals surface area contributed by atoms with E-state index in [1.54, 1.807) is 0 Å². The van der Waals surface area contributed by atoms with E-state index in [0.717, 1.165) is 23.9 Å². The minimum Gasteiger partial charge on any atom is -0.314 e. The quantitative estimate of drug-likeness (QED) is 0.784. The summed E-state index contributed by atoms with van der Waals surface area (Å²) in [5.41, 5.74) is 0. The molecular weight excluding hydrogens is 208 g/mol. The Morgan fingerprint density at radius 2 is 1.76 bits per heavy atom. The summed E-state index contributed by atoms with van der Waals surface area (Å²) in [6.07, 6.45) is 13.0. The molecule has 2 saturated carbocycles. The highest BCUT2D eigenvalue weighted by Gasteiger charge is 2.34. The standard InChI is InChI=1S/C15H28N2/c1-2-10-16-14(8-1)13-7-4-9-15(13)17-11-12-5-3-6-12/h12-17H,1-11H2. The van der Waals surface area contributed by atoms with E-state index in [9.17, 15) is 0 Å². The van der Waals surface area contributed by atoms with Crippen molar-refractivity contribution in [2.75, 3.05) is 13.1 Å². The Morgan fingerprint density at radius 1 is 0.882 bits per heavy atom. The molecule has 2 nitrogen and oxygen atoms in total. The van der Waals surface area contributed by atoms with Crippen LogP contribution in [0.2, 0.25) is 0 Å². The highest BCUT2D eigenvalue weighted by molar-refractivity contribution is 4.92. The Hall–Kier alpha value is -0.0800. The SMILES string of the molecule is C1CCC(C2CCCC2NCC2CCC2)NC1. The predicted molar refractivity (Wildman–Crippen MR) is 72.1 cm³/mol. The summed E-state index contributed by atoms with van der Waals surface area (Å²) in [5.74, 6) is 1.94. The van der Waals surface area contributed by atoms with Gasteiger partial charge in [0.2, 0.25) is 0 Å². The third-order valence-electron chi connectivity index (χ3n) is 5.33. The second kappa shape index (κ2) is 5.71. The van der Waals surface area contributed by atoms with Gasteiger partial charge in [-0.05, 0) is 63.5 Å². The zero-order valence-electron chi connectivity index (χ0n) is 11.1. The van der Waals surface area contributed by atoms with Crippen LogP contribution in [0.4, 0.5) is 0 Å². The summed E-state index contributed by atoms with van der Waals surface area (Å²) in [4.78, 5) is 0. The van der Waals surface area contributed by atoms with Crippen molar-refractivity contribution in [2.24, 2.45) is 11.8 Å². The molecule has 0 spiro atoms. The molecule has 1 aliphatic heterocycles. The third-order valence-corrected chi connectivity index (χ3v) is 5.33. The molecule has 3 aliphatic rings. The molecule has 1 heterocycles. The Kier molecular flexibility index (Phi) is 4.02. The van der Waals surface area contributed by atoms with E-state index >= 15 is 0 Å². The van der Waals surface area contributed by atoms with Crippen molar-refractivity contribution in [1.82, 2.24) is 10.6 Å². The maximum absolute atomic E-state index is 3.89. The monoisotopic (exact) mass is 236 g/mol. The van der Waals surface area contributed by atoms with Gasteiger partial charge in [-0.15, -0.1) is 0 Å². The molecule has 3 fully saturated rings. The summed E-state index contributed by atoms with van der Waals surface area (Å²) in [7, 11) is 0. The average molecular weight is 236 g/mol. The molecule has 3 unspecified atom stereocenters. The lowest BCUT2D eigenvalue weighted by Crippen LogP contribution is -2.48. The second-order valence-electron chi connectivity index (χ2n) is 6.46. The Bertz CT molecular complexity index is 231. The van der Waals surface area contributed by atoms with Crippen LogP contribution in [0.1, 0.15) is 57.8 Å². The topological polar surface area (TPSA) is 24.1 Å². The van der Waals surface area contributed by atoms with Gasteiger partial charge in [0, 0.05) is 12.1 Å². The molecule has 2 heteroatoms. The van der Waals surface area contributed by atoms with Crippen molar-refractivity contribution in [1.29, 1.82) is 0 Å². The van der Waals surface area contributed by atoms with Crippen LogP contribution in [-0.4, -0.2) is 25.2 Å². The average Bonchev–Trinajstić information content (AvgIpc) is 2.76. The summed E-state index contributed by atoms with van der Waals surface area (Å²) >= 11 is 0. The van der Waals surface area contributed by atoms with Gasteiger partial charge in [0.15, 0.2) is 0 Å². The molecular formula is C15H28N2. The molecule has 0 aromatic carbocycles. The van der Waals surface area contributed by atoms with E-state index in [1.165, 1.54) is 70.9 Å². The Morgan fingerprint density at radius 3 is 2.47 bits per heavy atom. The van der Waals surface area contributed by atoms with Gasteiger partial charge >= 0.3 is 0 Å². The second-order valence-corrected chi connectivity index (χ2v) is 6.46. The largest absolute Gasteiger partial charge is 0.314 e. The number of rotatable bonds is 4. The van der Waals surface area contributed by atoms with Gasteiger partial charge in [0.05, 0.1) is 0 Å². The third kappa shape index (κ3) is 2.85. The first-order valence-corrected chi connectivity index (χ1v) is 7.90. The van der Waals surface area contributed by atoms with Crippen LogP contribution < -0.4 is 10.6 Å². The van der Waals surface area contributed by atoms with Crippen molar-refractivity contribution < 1.29 is 0 Å². The normalized spacial score (nSPS) is 39.2. The lowest BCUT2D eigenvalue weighted by atomic mass is 9.84. The molecule has 2 N–H and O–H groups in total. The molecule has 0 aromatic heterocycles. The van der Waals surface area contributed by atoms with Crippen LogP contribution in [-0.2, 0) is 0 Å². The number of hydrogen-bond acceptors (Lipinski definition) is 2. The summed E-state index contributed by atoms with van der Waals surface area (Å²) in [6, 6.07) is 1.65. The molecule has 0 bridgehead atoms.